The van der Waals surface area contributed by atoms with Crippen molar-refractivity contribution in [3.8, 4) is 23.1 Å². The Morgan fingerprint density at radius 1 is 1.26 bits per heavy atom. The van der Waals surface area contributed by atoms with Gasteiger partial charge in [-0.25, -0.2) is 5.43 Å². The summed E-state index contributed by atoms with van der Waals surface area (Å²) in [6.45, 7) is 0.472. The third-order valence-electron chi connectivity index (χ3n) is 3.77. The van der Waals surface area contributed by atoms with Crippen LogP contribution in [0.25, 0.3) is 11.3 Å². The molecule has 0 saturated carbocycles. The van der Waals surface area contributed by atoms with Gasteiger partial charge in [0, 0.05) is 22.9 Å². The number of aromatic nitrogens is 2. The Morgan fingerprint density at radius 3 is 2.81 bits per heavy atom. The number of phenolic OH excluding ortho intramolecular Hbond substituents is 1. The fourth-order valence-electron chi connectivity index (χ4n) is 2.50. The molecule has 7 nitrogen and oxygen atoms in total. The lowest BCUT2D eigenvalue weighted by atomic mass is 10.1. The highest BCUT2D eigenvalue weighted by Crippen LogP contribution is 2.20. The number of aromatic hydroxyl groups is 1. The number of benzene rings is 2. The number of nitrogens with zero attached hydrogens (tertiary/aromatic N) is 4. The van der Waals surface area contributed by atoms with Gasteiger partial charge < -0.3 is 5.11 Å². The van der Waals surface area contributed by atoms with Gasteiger partial charge in [-0.05, 0) is 18.2 Å². The second-order valence-electron chi connectivity index (χ2n) is 5.72. The molecule has 0 atom stereocenters. The average molecular weight is 359 g/mol. The SMILES string of the molecule is N#CCCn1cc(/C=N\NC(=O)c2cccc(O)c2)c(-c2ccccc2)n1. The van der Waals surface area contributed by atoms with Gasteiger partial charge in [0.25, 0.3) is 5.91 Å². The molecule has 2 N–H and O–H groups in total. The number of phenols is 1. The zero-order valence-corrected chi connectivity index (χ0v) is 14.4. The van der Waals surface area contributed by atoms with Crippen LogP contribution in [0.3, 0.4) is 0 Å². The Kier molecular flexibility index (Phi) is 5.60. The smallest absolute Gasteiger partial charge is 0.271 e. The molecule has 3 rings (SSSR count). The van der Waals surface area contributed by atoms with Crippen molar-refractivity contribution in [2.75, 3.05) is 0 Å². The van der Waals surface area contributed by atoms with Crippen molar-refractivity contribution < 1.29 is 9.90 Å². The molecule has 0 spiro atoms. The van der Waals surface area contributed by atoms with E-state index < -0.39 is 5.91 Å². The van der Waals surface area contributed by atoms with E-state index in [1.54, 1.807) is 23.0 Å². The Hall–Kier alpha value is -3.92. The van der Waals surface area contributed by atoms with Crippen molar-refractivity contribution in [3.05, 3.63) is 71.9 Å². The first kappa shape index (κ1) is 17.9. The molecular weight excluding hydrogens is 342 g/mol. The van der Waals surface area contributed by atoms with Crippen LogP contribution in [0.4, 0.5) is 0 Å². The zero-order valence-electron chi connectivity index (χ0n) is 14.4. The normalized spacial score (nSPS) is 10.6. The first-order valence-corrected chi connectivity index (χ1v) is 8.29. The van der Waals surface area contributed by atoms with Crippen LogP contribution in [0, 0.1) is 11.3 Å². The minimum atomic E-state index is -0.430. The summed E-state index contributed by atoms with van der Waals surface area (Å²) in [7, 11) is 0. The number of hydrogen-bond donors (Lipinski definition) is 2. The van der Waals surface area contributed by atoms with E-state index in [2.05, 4.69) is 21.7 Å². The van der Waals surface area contributed by atoms with E-state index >= 15 is 0 Å². The van der Waals surface area contributed by atoms with Crippen LogP contribution in [0.2, 0.25) is 0 Å². The second-order valence-corrected chi connectivity index (χ2v) is 5.72. The van der Waals surface area contributed by atoms with E-state index in [0.29, 0.717) is 24.2 Å². The molecule has 0 fully saturated rings. The van der Waals surface area contributed by atoms with Crippen molar-refractivity contribution in [2.45, 2.75) is 13.0 Å². The molecule has 27 heavy (non-hydrogen) atoms. The number of nitriles is 1. The monoisotopic (exact) mass is 359 g/mol. The molecule has 1 amide bonds. The number of amides is 1. The number of nitrogens with one attached hydrogen (secondary N) is 1. The van der Waals surface area contributed by atoms with Gasteiger partial charge >= 0.3 is 0 Å². The molecule has 0 bridgehead atoms. The lowest BCUT2D eigenvalue weighted by Gasteiger charge is -2.00. The molecule has 0 unspecified atom stereocenters. The molecule has 0 radical (unpaired) electrons. The highest BCUT2D eigenvalue weighted by atomic mass is 16.3. The average Bonchev–Trinajstić information content (AvgIpc) is 3.10. The van der Waals surface area contributed by atoms with E-state index in [1.165, 1.54) is 18.3 Å². The molecule has 1 aromatic heterocycles. The molecule has 0 aliphatic carbocycles. The summed E-state index contributed by atoms with van der Waals surface area (Å²) in [5, 5.41) is 26.7. The van der Waals surface area contributed by atoms with E-state index in [-0.39, 0.29) is 5.75 Å². The third kappa shape index (κ3) is 4.58. The van der Waals surface area contributed by atoms with E-state index in [0.717, 1.165) is 11.1 Å². The summed E-state index contributed by atoms with van der Waals surface area (Å²) in [6, 6.07) is 17.7. The van der Waals surface area contributed by atoms with Gasteiger partial charge in [0.2, 0.25) is 0 Å². The van der Waals surface area contributed by atoms with Gasteiger partial charge in [0.05, 0.1) is 25.2 Å². The maximum atomic E-state index is 12.1. The van der Waals surface area contributed by atoms with Crippen molar-refractivity contribution in [1.82, 2.24) is 15.2 Å². The van der Waals surface area contributed by atoms with E-state index in [4.69, 9.17) is 5.26 Å². The van der Waals surface area contributed by atoms with Crippen molar-refractivity contribution in [3.63, 3.8) is 0 Å². The lowest BCUT2D eigenvalue weighted by Crippen LogP contribution is -2.17. The zero-order chi connectivity index (χ0) is 19.1. The molecule has 0 saturated heterocycles. The Morgan fingerprint density at radius 2 is 2.07 bits per heavy atom. The highest BCUT2D eigenvalue weighted by Gasteiger charge is 2.10. The maximum absolute atomic E-state index is 12.1. The summed E-state index contributed by atoms with van der Waals surface area (Å²) in [5.41, 5.74) is 5.08. The van der Waals surface area contributed by atoms with Crippen LogP contribution in [0.5, 0.6) is 5.75 Å². The van der Waals surface area contributed by atoms with Crippen molar-refractivity contribution in [1.29, 1.82) is 5.26 Å². The number of aryl methyl sites for hydroxylation is 1. The molecule has 0 aliphatic rings. The quantitative estimate of drug-likeness (QED) is 0.521. The van der Waals surface area contributed by atoms with Crippen LogP contribution < -0.4 is 5.43 Å². The van der Waals surface area contributed by atoms with Gasteiger partial charge in [-0.3, -0.25) is 9.48 Å². The molecular formula is C20H17N5O2. The summed E-state index contributed by atoms with van der Waals surface area (Å²) in [6.07, 6.45) is 3.64. The first-order valence-electron chi connectivity index (χ1n) is 8.29. The summed E-state index contributed by atoms with van der Waals surface area (Å²) in [5.74, 6) is -0.419. The maximum Gasteiger partial charge on any atom is 0.271 e. The molecule has 7 heteroatoms. The fraction of sp³-hybridized carbons (Fsp3) is 0.100. The molecule has 134 valence electrons. The number of hydrazone groups is 1. The van der Waals surface area contributed by atoms with Gasteiger partial charge in [0.1, 0.15) is 11.4 Å². The Balaban J connectivity index is 1.80. The second kappa shape index (κ2) is 8.45. The highest BCUT2D eigenvalue weighted by molar-refractivity contribution is 5.95. The lowest BCUT2D eigenvalue weighted by molar-refractivity contribution is 0.0954. The van der Waals surface area contributed by atoms with Crippen molar-refractivity contribution in [2.24, 2.45) is 5.10 Å². The largest absolute Gasteiger partial charge is 0.508 e. The standard InChI is InChI=1S/C20H17N5O2/c21-10-5-11-25-14-17(19(24-25)15-6-2-1-3-7-15)13-22-23-20(27)16-8-4-9-18(26)12-16/h1-4,6-9,12-14,26H,5,11H2,(H,23,27)/b22-13-. The van der Waals surface area contributed by atoms with Gasteiger partial charge in [-0.2, -0.15) is 15.5 Å². The van der Waals surface area contributed by atoms with Crippen LogP contribution in [-0.2, 0) is 6.54 Å². The van der Waals surface area contributed by atoms with Crippen LogP contribution in [-0.4, -0.2) is 27.0 Å². The van der Waals surface area contributed by atoms with Crippen LogP contribution in [0.15, 0.2) is 65.9 Å². The first-order chi connectivity index (χ1) is 13.2. The number of rotatable bonds is 6. The van der Waals surface area contributed by atoms with Crippen molar-refractivity contribution >= 4 is 12.1 Å². The number of carbonyl (C=O) groups is 1. The summed E-state index contributed by atoms with van der Waals surface area (Å²) >= 11 is 0. The molecule has 1 heterocycles. The van der Waals surface area contributed by atoms with Gasteiger partial charge in [-0.1, -0.05) is 36.4 Å². The van der Waals surface area contributed by atoms with Crippen LogP contribution in [0.1, 0.15) is 22.3 Å². The third-order valence-corrected chi connectivity index (χ3v) is 3.77. The summed E-state index contributed by atoms with van der Waals surface area (Å²) < 4.78 is 1.68. The number of hydrogen-bond acceptors (Lipinski definition) is 5. The topological polar surface area (TPSA) is 103 Å². The molecule has 0 aliphatic heterocycles. The minimum Gasteiger partial charge on any atom is -0.508 e. The fourth-order valence-corrected chi connectivity index (χ4v) is 2.50. The van der Waals surface area contributed by atoms with E-state index in [1.807, 2.05) is 30.3 Å². The Bertz CT molecular complexity index is 1000. The Labute approximate surface area is 156 Å². The summed E-state index contributed by atoms with van der Waals surface area (Å²) in [4.78, 5) is 12.1. The molecule has 3 aromatic rings. The number of carbonyl (C=O) groups excluding carboxylic acids is 1. The van der Waals surface area contributed by atoms with Gasteiger partial charge in [-0.15, -0.1) is 0 Å². The minimum absolute atomic E-state index is 0.0109. The van der Waals surface area contributed by atoms with E-state index in [9.17, 15) is 9.90 Å². The predicted octanol–water partition coefficient (Wildman–Crippen LogP) is 2.93. The molecule has 2 aromatic carbocycles. The predicted molar refractivity (Wildman–Crippen MR) is 101 cm³/mol. The van der Waals surface area contributed by atoms with Crippen LogP contribution >= 0.6 is 0 Å². The van der Waals surface area contributed by atoms with Gasteiger partial charge in [0.15, 0.2) is 0 Å².